The Morgan fingerprint density at radius 2 is 1.74 bits per heavy atom. The second kappa shape index (κ2) is 9.88. The van der Waals surface area contributed by atoms with E-state index in [1.54, 1.807) is 28.9 Å². The van der Waals surface area contributed by atoms with Crippen LogP contribution in [0.5, 0.6) is 5.75 Å². The van der Waals surface area contributed by atoms with E-state index in [4.69, 9.17) is 0 Å². The summed E-state index contributed by atoms with van der Waals surface area (Å²) in [6, 6.07) is 12.0. The molecule has 1 aromatic heterocycles. The summed E-state index contributed by atoms with van der Waals surface area (Å²) in [4.78, 5) is 24.7. The highest BCUT2D eigenvalue weighted by Crippen LogP contribution is 2.23. The van der Waals surface area contributed by atoms with Gasteiger partial charge in [-0.25, -0.2) is 9.07 Å². The van der Waals surface area contributed by atoms with Crippen LogP contribution < -0.4 is 10.6 Å². The number of nitrogens with zero attached hydrogens (tertiary/aromatic N) is 2. The Labute approximate surface area is 179 Å². The Hall–Kier alpha value is -3.68. The number of nitrogens with one attached hydrogen (secondary N) is 2. The second-order valence-corrected chi connectivity index (χ2v) is 7.40. The molecule has 0 radical (unpaired) electrons. The van der Waals surface area contributed by atoms with E-state index in [1.165, 1.54) is 30.5 Å². The van der Waals surface area contributed by atoms with Crippen molar-refractivity contribution in [3.05, 3.63) is 77.4 Å². The quantitative estimate of drug-likeness (QED) is 0.483. The number of benzene rings is 2. The molecule has 2 amide bonds. The summed E-state index contributed by atoms with van der Waals surface area (Å²) >= 11 is 0. The molecule has 0 aliphatic heterocycles. The van der Waals surface area contributed by atoms with E-state index in [9.17, 15) is 19.1 Å². The fourth-order valence-corrected chi connectivity index (χ4v) is 3.21. The lowest BCUT2D eigenvalue weighted by molar-refractivity contribution is 0.0950. The zero-order chi connectivity index (χ0) is 22.4. The third-order valence-corrected chi connectivity index (χ3v) is 4.70. The molecule has 0 atom stereocenters. The number of rotatable bonds is 8. The van der Waals surface area contributed by atoms with E-state index < -0.39 is 0 Å². The van der Waals surface area contributed by atoms with Crippen LogP contribution >= 0.6 is 0 Å². The molecule has 0 aliphatic rings. The van der Waals surface area contributed by atoms with E-state index in [1.807, 2.05) is 13.8 Å². The molecule has 31 heavy (non-hydrogen) atoms. The maximum atomic E-state index is 13.2. The van der Waals surface area contributed by atoms with Crippen LogP contribution in [0.2, 0.25) is 0 Å². The van der Waals surface area contributed by atoms with Crippen molar-refractivity contribution in [1.82, 2.24) is 20.4 Å². The van der Waals surface area contributed by atoms with Gasteiger partial charge in [0.05, 0.1) is 23.1 Å². The largest absolute Gasteiger partial charge is 0.508 e. The van der Waals surface area contributed by atoms with Gasteiger partial charge in [0.15, 0.2) is 0 Å². The van der Waals surface area contributed by atoms with Crippen LogP contribution in [0, 0.1) is 5.82 Å². The van der Waals surface area contributed by atoms with Gasteiger partial charge in [-0.1, -0.05) is 19.9 Å². The monoisotopic (exact) mass is 424 g/mol. The predicted octanol–water partition coefficient (Wildman–Crippen LogP) is 3.39. The van der Waals surface area contributed by atoms with Gasteiger partial charge in [0.25, 0.3) is 11.8 Å². The third kappa shape index (κ3) is 5.48. The van der Waals surface area contributed by atoms with E-state index in [0.717, 1.165) is 5.69 Å². The Morgan fingerprint density at radius 3 is 2.39 bits per heavy atom. The van der Waals surface area contributed by atoms with Gasteiger partial charge in [0, 0.05) is 18.7 Å². The number of amides is 2. The minimum atomic E-state index is -0.337. The van der Waals surface area contributed by atoms with Crippen LogP contribution in [0.25, 0.3) is 5.69 Å². The normalized spacial score (nSPS) is 10.8. The van der Waals surface area contributed by atoms with Gasteiger partial charge in [-0.3, -0.25) is 9.59 Å². The summed E-state index contributed by atoms with van der Waals surface area (Å²) in [6.07, 6.45) is 2.05. The van der Waals surface area contributed by atoms with Crippen molar-refractivity contribution in [2.75, 3.05) is 13.1 Å². The number of phenolic OH excluding ortho intramolecular Hbond substituents is 1. The number of hydrogen-bond acceptors (Lipinski definition) is 4. The van der Waals surface area contributed by atoms with Gasteiger partial charge < -0.3 is 15.7 Å². The molecule has 8 heteroatoms. The van der Waals surface area contributed by atoms with Crippen molar-refractivity contribution in [3.63, 3.8) is 0 Å². The molecule has 2 aromatic carbocycles. The van der Waals surface area contributed by atoms with Gasteiger partial charge in [-0.2, -0.15) is 5.10 Å². The van der Waals surface area contributed by atoms with Crippen LogP contribution in [0.3, 0.4) is 0 Å². The molecule has 1 heterocycles. The average Bonchev–Trinajstić information content (AvgIpc) is 3.19. The lowest BCUT2D eigenvalue weighted by Crippen LogP contribution is -2.30. The molecular weight excluding hydrogens is 399 g/mol. The topological polar surface area (TPSA) is 96.2 Å². The van der Waals surface area contributed by atoms with Gasteiger partial charge in [-0.05, 0) is 54.8 Å². The van der Waals surface area contributed by atoms with E-state index in [-0.39, 0.29) is 29.3 Å². The van der Waals surface area contributed by atoms with Gasteiger partial charge >= 0.3 is 0 Å². The standard InChI is InChI=1S/C23H25FN4O3/c1-15(2)21-20(14-27-28(21)18-9-7-17(24)8-10-18)23(31)26-12-4-11-25-22(30)16-5-3-6-19(29)13-16/h3,5-10,13-15,29H,4,11-12H2,1-2H3,(H,25,30)(H,26,31). The van der Waals surface area contributed by atoms with Crippen LogP contribution in [0.4, 0.5) is 4.39 Å². The van der Waals surface area contributed by atoms with E-state index in [0.29, 0.717) is 36.3 Å². The summed E-state index contributed by atoms with van der Waals surface area (Å²) in [5.41, 5.74) is 2.25. The fourth-order valence-electron chi connectivity index (χ4n) is 3.21. The molecule has 7 nitrogen and oxygen atoms in total. The van der Waals surface area contributed by atoms with Gasteiger partial charge in [0.1, 0.15) is 11.6 Å². The van der Waals surface area contributed by atoms with E-state index >= 15 is 0 Å². The first-order chi connectivity index (χ1) is 14.9. The second-order valence-electron chi connectivity index (χ2n) is 7.40. The molecule has 0 aliphatic carbocycles. The number of carbonyl (C=O) groups excluding carboxylic acids is 2. The van der Waals surface area contributed by atoms with Crippen LogP contribution in [0.1, 0.15) is 52.6 Å². The number of phenols is 1. The minimum absolute atomic E-state index is 0.0230. The summed E-state index contributed by atoms with van der Waals surface area (Å²) in [5.74, 6) is -0.825. The number of halogens is 1. The molecule has 3 aromatic rings. The highest BCUT2D eigenvalue weighted by Gasteiger charge is 2.20. The highest BCUT2D eigenvalue weighted by atomic mass is 19.1. The summed E-state index contributed by atoms with van der Waals surface area (Å²) < 4.78 is 14.9. The van der Waals surface area contributed by atoms with Crippen molar-refractivity contribution < 1.29 is 19.1 Å². The molecule has 3 rings (SSSR count). The first kappa shape index (κ1) is 22.0. The van der Waals surface area contributed by atoms with Crippen molar-refractivity contribution in [1.29, 1.82) is 0 Å². The number of aromatic nitrogens is 2. The molecule has 162 valence electrons. The Bertz CT molecular complexity index is 1060. The lowest BCUT2D eigenvalue weighted by atomic mass is 10.0. The van der Waals surface area contributed by atoms with Gasteiger partial charge in [-0.15, -0.1) is 0 Å². The molecular formula is C23H25FN4O3. The molecule has 0 spiro atoms. The number of aromatic hydroxyl groups is 1. The zero-order valence-corrected chi connectivity index (χ0v) is 17.4. The SMILES string of the molecule is CC(C)c1c(C(=O)NCCCNC(=O)c2cccc(O)c2)cnn1-c1ccc(F)cc1. The first-order valence-corrected chi connectivity index (χ1v) is 10.1. The van der Waals surface area contributed by atoms with Crippen molar-refractivity contribution in [3.8, 4) is 11.4 Å². The predicted molar refractivity (Wildman–Crippen MR) is 115 cm³/mol. The molecule has 3 N–H and O–H groups in total. The van der Waals surface area contributed by atoms with Crippen molar-refractivity contribution >= 4 is 11.8 Å². The van der Waals surface area contributed by atoms with Crippen molar-refractivity contribution in [2.24, 2.45) is 0 Å². The Balaban J connectivity index is 1.56. The summed E-state index contributed by atoms with van der Waals surface area (Å²) in [5, 5.41) is 19.4. The molecule has 0 saturated carbocycles. The Kier molecular flexibility index (Phi) is 7.02. The minimum Gasteiger partial charge on any atom is -0.508 e. The van der Waals surface area contributed by atoms with Crippen LogP contribution in [-0.4, -0.2) is 39.8 Å². The number of hydrogen-bond donors (Lipinski definition) is 3. The Morgan fingerprint density at radius 1 is 1.06 bits per heavy atom. The molecule has 0 fully saturated rings. The molecule has 0 unspecified atom stereocenters. The lowest BCUT2D eigenvalue weighted by Gasteiger charge is -2.13. The smallest absolute Gasteiger partial charge is 0.254 e. The van der Waals surface area contributed by atoms with Crippen LogP contribution in [0.15, 0.2) is 54.7 Å². The summed E-state index contributed by atoms with van der Waals surface area (Å²) in [7, 11) is 0. The zero-order valence-electron chi connectivity index (χ0n) is 17.4. The summed E-state index contributed by atoms with van der Waals surface area (Å²) in [6.45, 7) is 4.68. The number of carbonyl (C=O) groups is 2. The third-order valence-electron chi connectivity index (χ3n) is 4.70. The van der Waals surface area contributed by atoms with Crippen molar-refractivity contribution in [2.45, 2.75) is 26.2 Å². The van der Waals surface area contributed by atoms with Crippen LogP contribution in [-0.2, 0) is 0 Å². The fraction of sp³-hybridized carbons (Fsp3) is 0.261. The molecule has 0 bridgehead atoms. The highest BCUT2D eigenvalue weighted by molar-refractivity contribution is 5.95. The first-order valence-electron chi connectivity index (χ1n) is 10.1. The molecule has 0 saturated heterocycles. The maximum absolute atomic E-state index is 13.2. The maximum Gasteiger partial charge on any atom is 0.254 e. The van der Waals surface area contributed by atoms with Gasteiger partial charge in [0.2, 0.25) is 0 Å². The van der Waals surface area contributed by atoms with E-state index in [2.05, 4.69) is 15.7 Å². The average molecular weight is 424 g/mol.